The number of rotatable bonds is 4. The Bertz CT molecular complexity index is 558. The van der Waals surface area contributed by atoms with Crippen molar-refractivity contribution >= 4 is 17.7 Å². The molecule has 0 aliphatic carbocycles. The number of likely N-dealkylation sites (tertiary alicyclic amines) is 1. The third-order valence-electron chi connectivity index (χ3n) is 3.61. The minimum absolute atomic E-state index is 0.0493. The smallest absolute Gasteiger partial charge is 0.321 e. The molecule has 0 atom stereocenters. The van der Waals surface area contributed by atoms with Crippen molar-refractivity contribution in [3.8, 4) is 0 Å². The summed E-state index contributed by atoms with van der Waals surface area (Å²) in [5.74, 6) is -0.205. The van der Waals surface area contributed by atoms with Crippen molar-refractivity contribution in [1.82, 2.24) is 4.90 Å². The van der Waals surface area contributed by atoms with E-state index in [-0.39, 0.29) is 12.0 Å². The van der Waals surface area contributed by atoms with E-state index in [2.05, 4.69) is 5.32 Å². The molecule has 23 heavy (non-hydrogen) atoms. The van der Waals surface area contributed by atoms with Gasteiger partial charge >= 0.3 is 12.0 Å². The Kier molecular flexibility index (Phi) is 5.64. The number of nitrogens with zero attached hydrogens (tertiary/aromatic N) is 1. The number of nitrogens with one attached hydrogen (secondary N) is 1. The van der Waals surface area contributed by atoms with Gasteiger partial charge in [0.1, 0.15) is 5.60 Å². The summed E-state index contributed by atoms with van der Waals surface area (Å²) in [6, 6.07) is 7.58. The standard InChI is InChI=1S/C18H26N2O3/c1-18(2,3)23-16(21)10-9-14-7-6-8-15(13-14)19-17(22)20-11-4-5-12-20/h6-8,13H,4-5,9-12H2,1-3H3,(H,19,22). The number of amides is 2. The minimum atomic E-state index is -0.456. The quantitative estimate of drug-likeness (QED) is 0.863. The second-order valence-electron chi connectivity index (χ2n) is 6.91. The first-order valence-corrected chi connectivity index (χ1v) is 8.20. The van der Waals surface area contributed by atoms with E-state index in [1.165, 1.54) is 0 Å². The Morgan fingerprint density at radius 2 is 1.91 bits per heavy atom. The van der Waals surface area contributed by atoms with Crippen LogP contribution in [0.25, 0.3) is 0 Å². The van der Waals surface area contributed by atoms with Crippen molar-refractivity contribution in [3.63, 3.8) is 0 Å². The lowest BCUT2D eigenvalue weighted by Crippen LogP contribution is -2.32. The van der Waals surface area contributed by atoms with Crippen LogP contribution < -0.4 is 5.32 Å². The van der Waals surface area contributed by atoms with Crippen LogP contribution in [0.4, 0.5) is 10.5 Å². The van der Waals surface area contributed by atoms with Crippen LogP contribution in [-0.4, -0.2) is 35.6 Å². The molecule has 1 N–H and O–H groups in total. The highest BCUT2D eigenvalue weighted by molar-refractivity contribution is 5.89. The van der Waals surface area contributed by atoms with E-state index in [1.54, 1.807) is 0 Å². The van der Waals surface area contributed by atoms with Crippen molar-refractivity contribution in [2.75, 3.05) is 18.4 Å². The maximum absolute atomic E-state index is 12.1. The van der Waals surface area contributed by atoms with E-state index in [0.29, 0.717) is 12.8 Å². The lowest BCUT2D eigenvalue weighted by atomic mass is 10.1. The van der Waals surface area contributed by atoms with Crippen molar-refractivity contribution in [2.45, 2.75) is 52.1 Å². The molecule has 0 unspecified atom stereocenters. The normalized spacial score (nSPS) is 14.7. The third-order valence-corrected chi connectivity index (χ3v) is 3.61. The molecule has 0 saturated carbocycles. The van der Waals surface area contributed by atoms with Crippen molar-refractivity contribution in [1.29, 1.82) is 0 Å². The Labute approximate surface area is 138 Å². The van der Waals surface area contributed by atoms with Crippen LogP contribution >= 0.6 is 0 Å². The van der Waals surface area contributed by atoms with Gasteiger partial charge in [-0.15, -0.1) is 0 Å². The number of carbonyl (C=O) groups is 2. The number of ether oxygens (including phenoxy) is 1. The number of benzene rings is 1. The van der Waals surface area contributed by atoms with Gasteiger partial charge in [-0.2, -0.15) is 0 Å². The maximum Gasteiger partial charge on any atom is 0.321 e. The summed E-state index contributed by atoms with van der Waals surface area (Å²) < 4.78 is 5.31. The Balaban J connectivity index is 1.87. The van der Waals surface area contributed by atoms with Gasteiger partial charge in [0.05, 0.1) is 0 Å². The lowest BCUT2D eigenvalue weighted by molar-refractivity contribution is -0.154. The Hall–Kier alpha value is -2.04. The molecule has 126 valence electrons. The molecule has 1 aliphatic rings. The zero-order valence-corrected chi connectivity index (χ0v) is 14.2. The van der Waals surface area contributed by atoms with Crippen LogP contribution in [-0.2, 0) is 16.0 Å². The lowest BCUT2D eigenvalue weighted by Gasteiger charge is -2.19. The first-order chi connectivity index (χ1) is 10.8. The van der Waals surface area contributed by atoms with Crippen LogP contribution in [0.3, 0.4) is 0 Å². The summed E-state index contributed by atoms with van der Waals surface area (Å²) >= 11 is 0. The van der Waals surface area contributed by atoms with E-state index in [0.717, 1.165) is 37.2 Å². The predicted molar refractivity (Wildman–Crippen MR) is 90.4 cm³/mol. The van der Waals surface area contributed by atoms with Gasteiger partial charge in [0.2, 0.25) is 0 Å². The molecule has 5 nitrogen and oxygen atoms in total. The molecule has 1 heterocycles. The molecule has 1 saturated heterocycles. The van der Waals surface area contributed by atoms with Crippen molar-refractivity contribution < 1.29 is 14.3 Å². The first kappa shape index (κ1) is 17.3. The minimum Gasteiger partial charge on any atom is -0.460 e. The molecule has 2 amide bonds. The van der Waals surface area contributed by atoms with Crippen molar-refractivity contribution in [2.24, 2.45) is 0 Å². The number of carbonyl (C=O) groups excluding carboxylic acids is 2. The van der Waals surface area contributed by atoms with Crippen LogP contribution in [0.5, 0.6) is 0 Å². The summed E-state index contributed by atoms with van der Waals surface area (Å²) in [5.41, 5.74) is 1.32. The predicted octanol–water partition coefficient (Wildman–Crippen LogP) is 3.59. The molecule has 5 heteroatoms. The number of esters is 1. The number of anilines is 1. The SMILES string of the molecule is CC(C)(C)OC(=O)CCc1cccc(NC(=O)N2CCCC2)c1. The fourth-order valence-corrected chi connectivity index (χ4v) is 2.57. The second-order valence-corrected chi connectivity index (χ2v) is 6.91. The summed E-state index contributed by atoms with van der Waals surface area (Å²) in [6.07, 6.45) is 3.08. The molecule has 2 rings (SSSR count). The molecule has 0 aromatic heterocycles. The zero-order valence-electron chi connectivity index (χ0n) is 14.2. The molecule has 0 radical (unpaired) electrons. The maximum atomic E-state index is 12.1. The summed E-state index contributed by atoms with van der Waals surface area (Å²) in [5, 5.41) is 2.92. The van der Waals surface area contributed by atoms with Crippen LogP contribution in [0, 0.1) is 0 Å². The summed E-state index contributed by atoms with van der Waals surface area (Å²) in [4.78, 5) is 25.7. The molecule has 1 fully saturated rings. The number of hydrogen-bond donors (Lipinski definition) is 1. The van der Waals surface area contributed by atoms with E-state index in [4.69, 9.17) is 4.74 Å². The van der Waals surface area contributed by atoms with Gasteiger partial charge in [0, 0.05) is 25.2 Å². The van der Waals surface area contributed by atoms with Crippen LogP contribution in [0.1, 0.15) is 45.6 Å². The summed E-state index contributed by atoms with van der Waals surface area (Å²) in [7, 11) is 0. The van der Waals surface area contributed by atoms with Gasteiger partial charge in [-0.25, -0.2) is 4.79 Å². The van der Waals surface area contributed by atoms with E-state index in [9.17, 15) is 9.59 Å². The topological polar surface area (TPSA) is 58.6 Å². The van der Waals surface area contributed by atoms with Gasteiger partial charge in [0.25, 0.3) is 0 Å². The number of aryl methyl sites for hydroxylation is 1. The molecular weight excluding hydrogens is 292 g/mol. The van der Waals surface area contributed by atoms with Gasteiger partial charge in [-0.1, -0.05) is 12.1 Å². The van der Waals surface area contributed by atoms with E-state index in [1.807, 2.05) is 49.9 Å². The zero-order chi connectivity index (χ0) is 16.9. The molecule has 1 aliphatic heterocycles. The highest BCUT2D eigenvalue weighted by Crippen LogP contribution is 2.16. The molecule has 1 aromatic carbocycles. The highest BCUT2D eigenvalue weighted by Gasteiger charge is 2.18. The van der Waals surface area contributed by atoms with Crippen LogP contribution in [0.2, 0.25) is 0 Å². The molecule has 0 spiro atoms. The fraction of sp³-hybridized carbons (Fsp3) is 0.556. The molecule has 1 aromatic rings. The molecular formula is C18H26N2O3. The average Bonchev–Trinajstić information content (AvgIpc) is 2.98. The average molecular weight is 318 g/mol. The third kappa shape index (κ3) is 5.93. The van der Waals surface area contributed by atoms with Gasteiger partial charge < -0.3 is 15.0 Å². The van der Waals surface area contributed by atoms with Gasteiger partial charge in [0.15, 0.2) is 0 Å². The van der Waals surface area contributed by atoms with Crippen molar-refractivity contribution in [3.05, 3.63) is 29.8 Å². The largest absolute Gasteiger partial charge is 0.460 e. The highest BCUT2D eigenvalue weighted by atomic mass is 16.6. The summed E-state index contributed by atoms with van der Waals surface area (Å²) in [6.45, 7) is 7.23. The van der Waals surface area contributed by atoms with Gasteiger partial charge in [-0.3, -0.25) is 4.79 Å². The van der Waals surface area contributed by atoms with E-state index < -0.39 is 5.60 Å². The van der Waals surface area contributed by atoms with E-state index >= 15 is 0 Å². The first-order valence-electron chi connectivity index (χ1n) is 8.20. The van der Waals surface area contributed by atoms with Crippen LogP contribution in [0.15, 0.2) is 24.3 Å². The molecule has 0 bridgehead atoms. The second kappa shape index (κ2) is 7.49. The number of hydrogen-bond acceptors (Lipinski definition) is 3. The fourth-order valence-electron chi connectivity index (χ4n) is 2.57. The number of urea groups is 1. The monoisotopic (exact) mass is 318 g/mol. The Morgan fingerprint density at radius 3 is 2.57 bits per heavy atom. The van der Waals surface area contributed by atoms with Gasteiger partial charge in [-0.05, 0) is 57.7 Å². The Morgan fingerprint density at radius 1 is 1.22 bits per heavy atom.